The average Bonchev–Trinajstić information content (AvgIpc) is 2.48. The smallest absolute Gasteiger partial charge is 0.142 e. The van der Waals surface area contributed by atoms with Crippen molar-refractivity contribution in [1.29, 1.82) is 0 Å². The Kier molecular flexibility index (Phi) is 5.50. The minimum absolute atomic E-state index is 0.201. The van der Waals surface area contributed by atoms with E-state index in [0.717, 1.165) is 23.7 Å². The van der Waals surface area contributed by atoms with E-state index in [2.05, 4.69) is 17.4 Å². The lowest BCUT2D eigenvalue weighted by molar-refractivity contribution is 0.242. The number of hydrogen-bond acceptors (Lipinski definition) is 3. The summed E-state index contributed by atoms with van der Waals surface area (Å²) in [5.41, 5.74) is 2.22. The minimum atomic E-state index is 0.201. The summed E-state index contributed by atoms with van der Waals surface area (Å²) < 4.78 is 11.2. The van der Waals surface area contributed by atoms with Crippen LogP contribution in [0, 0.1) is 0 Å². The third-order valence-electron chi connectivity index (χ3n) is 2.97. The molecule has 0 bridgehead atoms. The van der Waals surface area contributed by atoms with E-state index in [1.165, 1.54) is 5.56 Å². The maximum Gasteiger partial charge on any atom is 0.142 e. The Bertz CT molecular complexity index is 549. The molecule has 2 aromatic rings. The average molecular weight is 285 g/mol. The fraction of sp³-hybridized carbons (Fsp3) is 0.333. The van der Waals surface area contributed by atoms with E-state index in [4.69, 9.17) is 9.47 Å². The highest BCUT2D eigenvalue weighted by atomic mass is 16.5. The first kappa shape index (κ1) is 15.2. The molecular weight excluding hydrogens is 262 g/mol. The van der Waals surface area contributed by atoms with Crippen molar-refractivity contribution in [1.82, 2.24) is 0 Å². The van der Waals surface area contributed by atoms with Crippen molar-refractivity contribution in [3.8, 4) is 11.5 Å². The van der Waals surface area contributed by atoms with Gasteiger partial charge in [0, 0.05) is 6.54 Å². The van der Waals surface area contributed by atoms with Gasteiger partial charge in [0.25, 0.3) is 0 Å². The fourth-order valence-corrected chi connectivity index (χ4v) is 2.05. The molecular formula is C18H23NO2. The largest absolute Gasteiger partial charge is 0.492 e. The van der Waals surface area contributed by atoms with Gasteiger partial charge in [0.1, 0.15) is 11.5 Å². The first-order valence-electron chi connectivity index (χ1n) is 7.40. The van der Waals surface area contributed by atoms with Crippen molar-refractivity contribution in [2.45, 2.75) is 33.4 Å². The molecule has 21 heavy (non-hydrogen) atoms. The zero-order chi connectivity index (χ0) is 15.1. The van der Waals surface area contributed by atoms with Gasteiger partial charge in [0.15, 0.2) is 0 Å². The molecule has 0 saturated carbocycles. The van der Waals surface area contributed by atoms with Gasteiger partial charge in [0.2, 0.25) is 0 Å². The van der Waals surface area contributed by atoms with Crippen molar-refractivity contribution < 1.29 is 9.47 Å². The van der Waals surface area contributed by atoms with Crippen LogP contribution in [0.25, 0.3) is 0 Å². The number of para-hydroxylation sites is 2. The standard InChI is InChI=1S/C18H23NO2/c1-4-20-18-8-6-5-7-17(18)19-13-15-9-11-16(12-10-15)21-14(2)3/h5-12,14,19H,4,13H2,1-3H3. The second kappa shape index (κ2) is 7.58. The summed E-state index contributed by atoms with van der Waals surface area (Å²) in [7, 11) is 0. The van der Waals surface area contributed by atoms with Crippen LogP contribution in [0.5, 0.6) is 11.5 Å². The molecule has 0 aromatic heterocycles. The molecule has 2 rings (SSSR count). The summed E-state index contributed by atoms with van der Waals surface area (Å²) in [6, 6.07) is 16.2. The number of ether oxygens (including phenoxy) is 2. The van der Waals surface area contributed by atoms with Gasteiger partial charge in [-0.2, -0.15) is 0 Å². The molecule has 2 aromatic carbocycles. The molecule has 112 valence electrons. The zero-order valence-electron chi connectivity index (χ0n) is 12.9. The summed E-state index contributed by atoms with van der Waals surface area (Å²) in [5.74, 6) is 1.79. The van der Waals surface area contributed by atoms with Crippen molar-refractivity contribution in [2.24, 2.45) is 0 Å². The van der Waals surface area contributed by atoms with E-state index in [1.54, 1.807) is 0 Å². The van der Waals surface area contributed by atoms with Crippen LogP contribution in [0.15, 0.2) is 48.5 Å². The molecule has 0 amide bonds. The first-order valence-corrected chi connectivity index (χ1v) is 7.40. The molecule has 3 nitrogen and oxygen atoms in total. The van der Waals surface area contributed by atoms with E-state index >= 15 is 0 Å². The lowest BCUT2D eigenvalue weighted by Crippen LogP contribution is -2.06. The monoisotopic (exact) mass is 285 g/mol. The second-order valence-corrected chi connectivity index (χ2v) is 5.09. The van der Waals surface area contributed by atoms with Crippen LogP contribution in [0.1, 0.15) is 26.3 Å². The number of hydrogen-bond donors (Lipinski definition) is 1. The van der Waals surface area contributed by atoms with Crippen molar-refractivity contribution >= 4 is 5.69 Å². The Morgan fingerprint density at radius 3 is 2.38 bits per heavy atom. The van der Waals surface area contributed by atoms with Gasteiger partial charge in [-0.25, -0.2) is 0 Å². The summed E-state index contributed by atoms with van der Waals surface area (Å²) in [6.45, 7) is 7.47. The summed E-state index contributed by atoms with van der Waals surface area (Å²) in [4.78, 5) is 0. The zero-order valence-corrected chi connectivity index (χ0v) is 12.9. The lowest BCUT2D eigenvalue weighted by Gasteiger charge is -2.13. The maximum atomic E-state index is 5.64. The van der Waals surface area contributed by atoms with Gasteiger partial charge in [-0.1, -0.05) is 24.3 Å². The van der Waals surface area contributed by atoms with Crippen LogP contribution < -0.4 is 14.8 Å². The molecule has 1 N–H and O–H groups in total. The minimum Gasteiger partial charge on any atom is -0.492 e. The predicted octanol–water partition coefficient (Wildman–Crippen LogP) is 4.48. The van der Waals surface area contributed by atoms with Gasteiger partial charge in [0.05, 0.1) is 18.4 Å². The summed E-state index contributed by atoms with van der Waals surface area (Å²) in [6.07, 6.45) is 0.201. The maximum absolute atomic E-state index is 5.64. The first-order chi connectivity index (χ1) is 10.2. The molecule has 0 radical (unpaired) electrons. The fourth-order valence-electron chi connectivity index (χ4n) is 2.05. The van der Waals surface area contributed by atoms with Gasteiger partial charge in [-0.15, -0.1) is 0 Å². The summed E-state index contributed by atoms with van der Waals surface area (Å²) >= 11 is 0. The molecule has 0 fully saturated rings. The second-order valence-electron chi connectivity index (χ2n) is 5.09. The highest BCUT2D eigenvalue weighted by Gasteiger charge is 2.02. The SMILES string of the molecule is CCOc1ccccc1NCc1ccc(OC(C)C)cc1. The molecule has 0 heterocycles. The van der Waals surface area contributed by atoms with Crippen LogP contribution in [0.4, 0.5) is 5.69 Å². The molecule has 0 aliphatic rings. The lowest BCUT2D eigenvalue weighted by atomic mass is 10.2. The number of anilines is 1. The Morgan fingerprint density at radius 1 is 1.00 bits per heavy atom. The van der Waals surface area contributed by atoms with Crippen molar-refractivity contribution in [3.05, 3.63) is 54.1 Å². The number of benzene rings is 2. The van der Waals surface area contributed by atoms with E-state index in [1.807, 2.05) is 57.2 Å². The van der Waals surface area contributed by atoms with Crippen LogP contribution in [-0.2, 0) is 6.54 Å². The molecule has 0 saturated heterocycles. The molecule has 0 aliphatic heterocycles. The van der Waals surface area contributed by atoms with E-state index in [-0.39, 0.29) is 6.10 Å². The van der Waals surface area contributed by atoms with E-state index in [0.29, 0.717) is 6.61 Å². The quantitative estimate of drug-likeness (QED) is 0.813. The van der Waals surface area contributed by atoms with Crippen LogP contribution in [0.3, 0.4) is 0 Å². The van der Waals surface area contributed by atoms with Crippen LogP contribution >= 0.6 is 0 Å². The van der Waals surface area contributed by atoms with E-state index < -0.39 is 0 Å². The third kappa shape index (κ3) is 4.71. The van der Waals surface area contributed by atoms with Gasteiger partial charge < -0.3 is 14.8 Å². The van der Waals surface area contributed by atoms with Crippen molar-refractivity contribution in [3.63, 3.8) is 0 Å². The topological polar surface area (TPSA) is 30.5 Å². The van der Waals surface area contributed by atoms with E-state index in [9.17, 15) is 0 Å². The molecule has 3 heteroatoms. The highest BCUT2D eigenvalue weighted by molar-refractivity contribution is 5.56. The normalized spacial score (nSPS) is 10.5. The molecule has 0 spiro atoms. The van der Waals surface area contributed by atoms with Crippen LogP contribution in [-0.4, -0.2) is 12.7 Å². The Balaban J connectivity index is 1.96. The van der Waals surface area contributed by atoms with Crippen LogP contribution in [0.2, 0.25) is 0 Å². The number of nitrogens with one attached hydrogen (secondary N) is 1. The highest BCUT2D eigenvalue weighted by Crippen LogP contribution is 2.24. The Morgan fingerprint density at radius 2 is 1.71 bits per heavy atom. The summed E-state index contributed by atoms with van der Waals surface area (Å²) in [5, 5.41) is 3.41. The third-order valence-corrected chi connectivity index (χ3v) is 2.97. The van der Waals surface area contributed by atoms with Gasteiger partial charge in [-0.3, -0.25) is 0 Å². The number of rotatable bonds is 7. The van der Waals surface area contributed by atoms with Gasteiger partial charge in [-0.05, 0) is 50.6 Å². The van der Waals surface area contributed by atoms with Crippen molar-refractivity contribution in [2.75, 3.05) is 11.9 Å². The Hall–Kier alpha value is -2.16. The molecule has 0 unspecified atom stereocenters. The molecule has 0 atom stereocenters. The molecule has 0 aliphatic carbocycles. The van der Waals surface area contributed by atoms with Gasteiger partial charge >= 0.3 is 0 Å². The Labute approximate surface area is 126 Å². The predicted molar refractivity (Wildman–Crippen MR) is 87.1 cm³/mol.